The molecule has 1 amide bonds. The third-order valence-electron chi connectivity index (χ3n) is 12.6. The number of carbonyl (C=O) groups is 1. The number of amides is 1. The lowest BCUT2D eigenvalue weighted by Gasteiger charge is -2.40. The predicted molar refractivity (Wildman–Crippen MR) is 272 cm³/mol. The molecule has 7 atom stereocenters. The lowest BCUT2D eigenvalue weighted by Crippen LogP contribution is -2.60. The second-order valence-corrected chi connectivity index (χ2v) is 18.6. The molecule has 0 aromatic carbocycles. The van der Waals surface area contributed by atoms with Gasteiger partial charge in [0, 0.05) is 6.42 Å². The fourth-order valence-electron chi connectivity index (χ4n) is 8.36. The zero-order chi connectivity index (χ0) is 47.3. The van der Waals surface area contributed by atoms with Gasteiger partial charge in [-0.1, -0.05) is 229 Å². The number of aliphatic hydroxyl groups excluding tert-OH is 5. The van der Waals surface area contributed by atoms with Crippen molar-refractivity contribution < 1.29 is 39.8 Å². The molecule has 378 valence electrons. The van der Waals surface area contributed by atoms with Gasteiger partial charge in [0.25, 0.3) is 0 Å². The highest BCUT2D eigenvalue weighted by Gasteiger charge is 2.44. The Kier molecular flexibility index (Phi) is 42.8. The van der Waals surface area contributed by atoms with Gasteiger partial charge in [0.05, 0.1) is 25.4 Å². The minimum Gasteiger partial charge on any atom is -0.394 e. The van der Waals surface area contributed by atoms with E-state index in [1.54, 1.807) is 0 Å². The fourth-order valence-corrected chi connectivity index (χ4v) is 8.36. The maximum atomic E-state index is 13.0. The highest BCUT2D eigenvalue weighted by molar-refractivity contribution is 5.76. The Labute approximate surface area is 398 Å². The van der Waals surface area contributed by atoms with E-state index in [2.05, 4.69) is 79.9 Å². The molecule has 7 unspecified atom stereocenters. The molecule has 0 aromatic rings. The first-order valence-corrected chi connectivity index (χ1v) is 27.0. The largest absolute Gasteiger partial charge is 0.394 e. The molecule has 1 fully saturated rings. The van der Waals surface area contributed by atoms with Crippen LogP contribution < -0.4 is 5.32 Å². The first-order valence-electron chi connectivity index (χ1n) is 27.0. The summed E-state index contributed by atoms with van der Waals surface area (Å²) in [6, 6.07) is -0.721. The lowest BCUT2D eigenvalue weighted by atomic mass is 9.99. The SMILES string of the molecule is CC/C=C\C/C=C\C/C=C\C/C=C\C/C=C\CCCCCCCCCCCCCCCC(=O)NC(COC1OC(CO)C(O)C(O)C1O)C(O)CCCCCCCCCCCCCCC. The van der Waals surface area contributed by atoms with Crippen molar-refractivity contribution in [1.29, 1.82) is 0 Å². The van der Waals surface area contributed by atoms with Crippen LogP contribution >= 0.6 is 0 Å². The van der Waals surface area contributed by atoms with Gasteiger partial charge in [0.1, 0.15) is 24.4 Å². The highest BCUT2D eigenvalue weighted by atomic mass is 16.7. The summed E-state index contributed by atoms with van der Waals surface area (Å²) >= 11 is 0. The van der Waals surface area contributed by atoms with Crippen molar-refractivity contribution in [2.45, 2.75) is 275 Å². The average Bonchev–Trinajstić information content (AvgIpc) is 3.31. The van der Waals surface area contributed by atoms with Crippen LogP contribution in [0.5, 0.6) is 0 Å². The molecule has 1 aliphatic heterocycles. The van der Waals surface area contributed by atoms with Gasteiger partial charge in [-0.25, -0.2) is 0 Å². The predicted octanol–water partition coefficient (Wildman–Crippen LogP) is 12.7. The number of hydrogen-bond acceptors (Lipinski definition) is 8. The maximum absolute atomic E-state index is 13.0. The Hall–Kier alpha value is -2.11. The van der Waals surface area contributed by atoms with Crippen molar-refractivity contribution >= 4 is 5.91 Å². The van der Waals surface area contributed by atoms with Crippen molar-refractivity contribution in [1.82, 2.24) is 5.32 Å². The van der Waals surface area contributed by atoms with E-state index in [4.69, 9.17) is 9.47 Å². The number of aliphatic hydroxyl groups is 5. The Morgan fingerprint density at radius 3 is 1.42 bits per heavy atom. The second-order valence-electron chi connectivity index (χ2n) is 18.6. The van der Waals surface area contributed by atoms with E-state index >= 15 is 0 Å². The van der Waals surface area contributed by atoms with Gasteiger partial charge < -0.3 is 40.3 Å². The molecule has 1 aliphatic rings. The van der Waals surface area contributed by atoms with Gasteiger partial charge in [0.2, 0.25) is 5.91 Å². The third kappa shape index (κ3) is 35.7. The zero-order valence-electron chi connectivity index (χ0n) is 41.7. The minimum atomic E-state index is -1.55. The Bertz CT molecular complexity index is 1200. The van der Waals surface area contributed by atoms with Gasteiger partial charge in [-0.05, 0) is 57.8 Å². The number of nitrogens with one attached hydrogen (secondary N) is 1. The molecule has 0 bridgehead atoms. The molecule has 1 rings (SSSR count). The Morgan fingerprint density at radius 1 is 0.538 bits per heavy atom. The first-order chi connectivity index (χ1) is 31.8. The van der Waals surface area contributed by atoms with Gasteiger partial charge in [-0.2, -0.15) is 0 Å². The zero-order valence-corrected chi connectivity index (χ0v) is 41.7. The molecule has 1 saturated heterocycles. The lowest BCUT2D eigenvalue weighted by molar-refractivity contribution is -0.302. The summed E-state index contributed by atoms with van der Waals surface area (Å²) in [7, 11) is 0. The standard InChI is InChI=1S/C56H101NO8/c1-3-5-7-9-11-13-15-17-18-19-20-21-22-23-24-25-26-27-28-29-30-31-32-34-36-38-40-42-44-46-52(60)57-49(48-64-56-55(63)54(62)53(61)51(47-58)65-56)50(59)45-43-41-39-37-35-33-16-14-12-10-8-6-4-2/h5,7,11,13,17-18,20-21,23-24,49-51,53-56,58-59,61-63H,3-4,6,8-10,12,14-16,19,22,25-48H2,1-2H3,(H,57,60)/b7-5-,13-11-,18-17-,21-20-,24-23-. The summed E-state index contributed by atoms with van der Waals surface area (Å²) in [4.78, 5) is 13.0. The van der Waals surface area contributed by atoms with Crippen LogP contribution in [0.15, 0.2) is 60.8 Å². The van der Waals surface area contributed by atoms with E-state index < -0.39 is 49.5 Å². The second kappa shape index (κ2) is 45.7. The quantitative estimate of drug-likeness (QED) is 0.0261. The number of allylic oxidation sites excluding steroid dienone is 10. The minimum absolute atomic E-state index is 0.139. The molecule has 0 spiro atoms. The Balaban J connectivity index is 2.18. The molecule has 6 N–H and O–H groups in total. The summed E-state index contributed by atoms with van der Waals surface area (Å²) in [5.74, 6) is -0.147. The molecule has 1 heterocycles. The molecule has 0 radical (unpaired) electrons. The number of ether oxygens (including phenoxy) is 2. The van der Waals surface area contributed by atoms with Crippen LogP contribution in [0.1, 0.15) is 232 Å². The van der Waals surface area contributed by atoms with Crippen LogP contribution in [-0.2, 0) is 14.3 Å². The van der Waals surface area contributed by atoms with Gasteiger partial charge in [-0.3, -0.25) is 4.79 Å². The highest BCUT2D eigenvalue weighted by Crippen LogP contribution is 2.23. The summed E-state index contributed by atoms with van der Waals surface area (Å²) in [6.45, 7) is 3.72. The number of hydrogen-bond donors (Lipinski definition) is 6. The number of carbonyl (C=O) groups excluding carboxylic acids is 1. The van der Waals surface area contributed by atoms with E-state index in [0.717, 1.165) is 70.6 Å². The number of unbranched alkanes of at least 4 members (excludes halogenated alkanes) is 25. The molecule has 9 heteroatoms. The van der Waals surface area contributed by atoms with E-state index in [1.165, 1.54) is 135 Å². The summed E-state index contributed by atoms with van der Waals surface area (Å²) in [6.07, 6.45) is 53.8. The van der Waals surface area contributed by atoms with Crippen molar-refractivity contribution in [2.75, 3.05) is 13.2 Å². The maximum Gasteiger partial charge on any atom is 0.220 e. The normalized spacial score (nSPS) is 20.4. The summed E-state index contributed by atoms with van der Waals surface area (Å²) in [5.41, 5.74) is 0. The van der Waals surface area contributed by atoms with Crippen LogP contribution in [0.3, 0.4) is 0 Å². The molecule has 0 aliphatic carbocycles. The van der Waals surface area contributed by atoms with Crippen LogP contribution in [0.25, 0.3) is 0 Å². The molecule has 9 nitrogen and oxygen atoms in total. The van der Waals surface area contributed by atoms with Crippen LogP contribution in [0.2, 0.25) is 0 Å². The molecular weight excluding hydrogens is 815 g/mol. The van der Waals surface area contributed by atoms with Crippen molar-refractivity contribution in [3.8, 4) is 0 Å². The summed E-state index contributed by atoms with van der Waals surface area (Å²) < 4.78 is 11.3. The topological polar surface area (TPSA) is 149 Å². The van der Waals surface area contributed by atoms with Crippen LogP contribution in [-0.4, -0.2) is 87.5 Å². The third-order valence-corrected chi connectivity index (χ3v) is 12.6. The van der Waals surface area contributed by atoms with Crippen LogP contribution in [0.4, 0.5) is 0 Å². The van der Waals surface area contributed by atoms with E-state index in [-0.39, 0.29) is 12.5 Å². The van der Waals surface area contributed by atoms with Gasteiger partial charge >= 0.3 is 0 Å². The van der Waals surface area contributed by atoms with Crippen LogP contribution in [0, 0.1) is 0 Å². The Morgan fingerprint density at radius 2 is 0.954 bits per heavy atom. The number of rotatable bonds is 45. The van der Waals surface area contributed by atoms with Crippen molar-refractivity contribution in [2.24, 2.45) is 0 Å². The van der Waals surface area contributed by atoms with Crippen molar-refractivity contribution in [3.63, 3.8) is 0 Å². The van der Waals surface area contributed by atoms with Gasteiger partial charge in [0.15, 0.2) is 6.29 Å². The fraction of sp³-hybridized carbons (Fsp3) is 0.804. The monoisotopic (exact) mass is 916 g/mol. The van der Waals surface area contributed by atoms with E-state index in [9.17, 15) is 30.3 Å². The van der Waals surface area contributed by atoms with Gasteiger partial charge in [-0.15, -0.1) is 0 Å². The first kappa shape index (κ1) is 60.9. The van der Waals surface area contributed by atoms with Crippen molar-refractivity contribution in [3.05, 3.63) is 60.8 Å². The summed E-state index contributed by atoms with van der Waals surface area (Å²) in [5, 5.41) is 54.5. The molecular formula is C56H101NO8. The molecule has 0 saturated carbocycles. The molecule has 65 heavy (non-hydrogen) atoms. The average molecular weight is 916 g/mol. The smallest absolute Gasteiger partial charge is 0.220 e. The van der Waals surface area contributed by atoms with E-state index in [1.807, 2.05) is 0 Å². The van der Waals surface area contributed by atoms with E-state index in [0.29, 0.717) is 12.8 Å². The molecule has 0 aromatic heterocycles.